The van der Waals surface area contributed by atoms with E-state index in [1.807, 2.05) is 30.3 Å². The maximum atomic E-state index is 13.4. The molecule has 1 aliphatic heterocycles. The van der Waals surface area contributed by atoms with Crippen molar-refractivity contribution < 1.29 is 33.4 Å². The molecular weight excluding hydrogens is 604 g/mol. The quantitative estimate of drug-likeness (QED) is 0.263. The number of hydrogen-bond donors (Lipinski definition) is 3. The van der Waals surface area contributed by atoms with Gasteiger partial charge in [-0.25, -0.2) is 9.59 Å². The summed E-state index contributed by atoms with van der Waals surface area (Å²) in [5, 5.41) is 7.25. The Balaban J connectivity index is 2.04. The van der Waals surface area contributed by atoms with Gasteiger partial charge in [-0.2, -0.15) is 0 Å². The summed E-state index contributed by atoms with van der Waals surface area (Å²) < 4.78 is 10.8. The van der Waals surface area contributed by atoms with E-state index < -0.39 is 46.6 Å². The first kappa shape index (κ1) is 37.3. The molecule has 1 unspecified atom stereocenters. The molecule has 0 aliphatic carbocycles. The molecule has 246 valence electrons. The SMILES string of the molecule is CC(=O)SC(C(=O)NCCCC[C@H](NC(=O)OC(C)(C)C)C(=O)N1CCSC1)[C@@H](Cc1ccccc1)NC(=O)OC(C)(C)C. The number of hydrogen-bond acceptors (Lipinski definition) is 9. The average molecular weight is 653 g/mol. The van der Waals surface area contributed by atoms with Gasteiger partial charge in [0.2, 0.25) is 11.8 Å². The van der Waals surface area contributed by atoms with Gasteiger partial charge in [-0.15, -0.1) is 11.8 Å². The van der Waals surface area contributed by atoms with Crippen LogP contribution in [0.15, 0.2) is 30.3 Å². The number of unbranched alkanes of at least 4 members (excludes halogenated alkanes) is 1. The summed E-state index contributed by atoms with van der Waals surface area (Å²) in [6.45, 7) is 12.8. The Morgan fingerprint density at radius 1 is 0.932 bits per heavy atom. The van der Waals surface area contributed by atoms with Crippen LogP contribution >= 0.6 is 23.5 Å². The summed E-state index contributed by atoms with van der Waals surface area (Å²) in [7, 11) is 0. The fraction of sp³-hybridized carbons (Fsp3) is 0.645. The summed E-state index contributed by atoms with van der Waals surface area (Å²) in [5.41, 5.74) is -0.547. The molecule has 1 fully saturated rings. The lowest BCUT2D eigenvalue weighted by atomic mass is 10.0. The first-order valence-electron chi connectivity index (χ1n) is 14.9. The monoisotopic (exact) mass is 652 g/mol. The minimum Gasteiger partial charge on any atom is -0.444 e. The van der Waals surface area contributed by atoms with E-state index in [0.717, 1.165) is 23.1 Å². The molecule has 1 aliphatic rings. The molecular formula is C31H48N4O7S2. The topological polar surface area (TPSA) is 143 Å². The smallest absolute Gasteiger partial charge is 0.408 e. The molecule has 13 heteroatoms. The van der Waals surface area contributed by atoms with E-state index in [4.69, 9.17) is 9.47 Å². The third-order valence-electron chi connectivity index (χ3n) is 6.19. The Kier molecular flexibility index (Phi) is 14.8. The van der Waals surface area contributed by atoms with Gasteiger partial charge in [0, 0.05) is 25.8 Å². The van der Waals surface area contributed by atoms with Gasteiger partial charge in [0.25, 0.3) is 0 Å². The molecule has 1 saturated heterocycles. The summed E-state index contributed by atoms with van der Waals surface area (Å²) in [6.07, 6.45) is 0.430. The highest BCUT2D eigenvalue weighted by Gasteiger charge is 2.33. The second-order valence-corrected chi connectivity index (χ2v) is 15.0. The second kappa shape index (κ2) is 17.5. The van der Waals surface area contributed by atoms with Crippen molar-refractivity contribution in [3.05, 3.63) is 35.9 Å². The van der Waals surface area contributed by atoms with E-state index in [2.05, 4.69) is 16.0 Å². The van der Waals surface area contributed by atoms with Crippen LogP contribution in [0, 0.1) is 0 Å². The predicted molar refractivity (Wildman–Crippen MR) is 174 cm³/mol. The number of alkyl carbamates (subject to hydrolysis) is 2. The van der Waals surface area contributed by atoms with Crippen molar-refractivity contribution in [2.45, 2.75) is 103 Å². The molecule has 3 atom stereocenters. The van der Waals surface area contributed by atoms with E-state index in [9.17, 15) is 24.0 Å². The number of nitrogens with one attached hydrogen (secondary N) is 3. The summed E-state index contributed by atoms with van der Waals surface area (Å²) >= 11 is 2.52. The average Bonchev–Trinajstić information content (AvgIpc) is 3.43. The Morgan fingerprint density at radius 2 is 1.55 bits per heavy atom. The normalized spacial score (nSPS) is 15.5. The lowest BCUT2D eigenvalue weighted by Gasteiger charge is -2.28. The molecule has 1 heterocycles. The van der Waals surface area contributed by atoms with Gasteiger partial charge in [-0.1, -0.05) is 42.1 Å². The van der Waals surface area contributed by atoms with E-state index in [-0.39, 0.29) is 17.6 Å². The van der Waals surface area contributed by atoms with Crippen LogP contribution in [0.25, 0.3) is 0 Å². The van der Waals surface area contributed by atoms with Gasteiger partial charge >= 0.3 is 12.2 Å². The second-order valence-electron chi connectivity index (χ2n) is 12.6. The van der Waals surface area contributed by atoms with Crippen LogP contribution in [-0.4, -0.2) is 87.3 Å². The largest absolute Gasteiger partial charge is 0.444 e. The molecule has 1 aromatic rings. The molecule has 0 bridgehead atoms. The standard InChI is InChI=1S/C31H48N4O7S2/c1-21(36)44-25(24(19-22-13-9-8-10-14-22)34-29(40)42-31(5,6)7)26(37)32-16-12-11-15-23(27(38)35-17-18-43-20-35)33-28(39)41-30(2,3)4/h8-10,13-14,23-25H,11-12,15-20H2,1-7H3,(H,32,37)(H,33,39)(H,34,40)/t23-,24+,25?/m0/s1. The number of thioether (sulfide) groups is 2. The van der Waals surface area contributed by atoms with E-state index >= 15 is 0 Å². The molecule has 11 nitrogen and oxygen atoms in total. The Bertz CT molecular complexity index is 1120. The van der Waals surface area contributed by atoms with E-state index in [1.165, 1.54) is 6.92 Å². The van der Waals surface area contributed by atoms with E-state index in [1.54, 1.807) is 58.2 Å². The van der Waals surface area contributed by atoms with Crippen molar-refractivity contribution in [1.29, 1.82) is 0 Å². The Hall–Kier alpha value is -2.93. The number of amides is 4. The van der Waals surface area contributed by atoms with Gasteiger partial charge in [-0.05, 0) is 72.8 Å². The zero-order valence-corrected chi connectivity index (χ0v) is 28.5. The van der Waals surface area contributed by atoms with Crippen molar-refractivity contribution in [2.75, 3.05) is 24.7 Å². The number of ether oxygens (including phenoxy) is 2. The minimum atomic E-state index is -0.906. The number of carbonyl (C=O) groups is 5. The van der Waals surface area contributed by atoms with Gasteiger partial charge in [0.15, 0.2) is 5.12 Å². The number of benzene rings is 1. The Labute approximate surface area is 269 Å². The molecule has 44 heavy (non-hydrogen) atoms. The van der Waals surface area contributed by atoms with Gasteiger partial charge in [-0.3, -0.25) is 14.4 Å². The first-order chi connectivity index (χ1) is 20.5. The Morgan fingerprint density at radius 3 is 2.09 bits per heavy atom. The first-order valence-corrected chi connectivity index (χ1v) is 16.9. The van der Waals surface area contributed by atoms with Gasteiger partial charge < -0.3 is 30.3 Å². The summed E-state index contributed by atoms with van der Waals surface area (Å²) in [4.78, 5) is 65.6. The maximum absolute atomic E-state index is 13.4. The molecule has 0 aromatic heterocycles. The van der Waals surface area contributed by atoms with Crippen LogP contribution in [0.1, 0.15) is 73.3 Å². The van der Waals surface area contributed by atoms with Crippen molar-refractivity contribution in [1.82, 2.24) is 20.9 Å². The fourth-order valence-corrected chi connectivity index (χ4v) is 6.19. The third-order valence-corrected chi connectivity index (χ3v) is 8.28. The van der Waals surface area contributed by atoms with Crippen LogP contribution < -0.4 is 16.0 Å². The fourth-order valence-electron chi connectivity index (χ4n) is 4.36. The zero-order chi connectivity index (χ0) is 32.9. The molecule has 0 radical (unpaired) electrons. The number of nitrogens with zero attached hydrogens (tertiary/aromatic N) is 1. The van der Waals surface area contributed by atoms with Crippen molar-refractivity contribution >= 4 is 52.6 Å². The number of rotatable bonds is 13. The van der Waals surface area contributed by atoms with Crippen molar-refractivity contribution in [3.8, 4) is 0 Å². The third kappa shape index (κ3) is 14.7. The van der Waals surface area contributed by atoms with Gasteiger partial charge in [0.1, 0.15) is 22.5 Å². The predicted octanol–water partition coefficient (Wildman–Crippen LogP) is 4.48. The molecule has 0 spiro atoms. The zero-order valence-electron chi connectivity index (χ0n) is 26.9. The molecule has 0 saturated carbocycles. The van der Waals surface area contributed by atoms with Gasteiger partial charge in [0.05, 0.1) is 11.9 Å². The van der Waals surface area contributed by atoms with Crippen LogP contribution in [-0.2, 0) is 30.3 Å². The highest BCUT2D eigenvalue weighted by molar-refractivity contribution is 8.14. The van der Waals surface area contributed by atoms with Crippen molar-refractivity contribution in [2.24, 2.45) is 0 Å². The van der Waals surface area contributed by atoms with Crippen LogP contribution in [0.5, 0.6) is 0 Å². The highest BCUT2D eigenvalue weighted by Crippen LogP contribution is 2.21. The highest BCUT2D eigenvalue weighted by atomic mass is 32.2. The van der Waals surface area contributed by atoms with E-state index in [0.29, 0.717) is 38.1 Å². The molecule has 3 N–H and O–H groups in total. The maximum Gasteiger partial charge on any atom is 0.408 e. The summed E-state index contributed by atoms with van der Waals surface area (Å²) in [6, 6.07) is 7.92. The number of carbonyl (C=O) groups excluding carboxylic acids is 5. The van der Waals surface area contributed by atoms with Crippen molar-refractivity contribution in [3.63, 3.8) is 0 Å². The van der Waals surface area contributed by atoms with Crippen LogP contribution in [0.2, 0.25) is 0 Å². The lowest BCUT2D eigenvalue weighted by molar-refractivity contribution is -0.132. The van der Waals surface area contributed by atoms with Crippen LogP contribution in [0.3, 0.4) is 0 Å². The lowest BCUT2D eigenvalue weighted by Crippen LogP contribution is -2.51. The summed E-state index contributed by atoms with van der Waals surface area (Å²) in [5.74, 6) is 0.887. The van der Waals surface area contributed by atoms with Crippen LogP contribution in [0.4, 0.5) is 9.59 Å². The molecule has 2 rings (SSSR count). The minimum absolute atomic E-state index is 0.153. The molecule has 1 aromatic carbocycles. The molecule has 4 amide bonds.